The van der Waals surface area contributed by atoms with Crippen LogP contribution in [0.5, 0.6) is 0 Å². The van der Waals surface area contributed by atoms with E-state index < -0.39 is 21.2 Å². The Balaban J connectivity index is 1.68. The molecule has 1 amide bonds. The molecule has 0 spiro atoms. The third kappa shape index (κ3) is 7.93. The molecule has 2 fully saturated rings. The standard InChI is InChI=1S/C18H35N3O5S/c1-17(2,3)26-16(22)21-10-9-18(23,13-21)12-19-11-14-5-7-15(8-6-14)20-27(4,24)25/h14-15,19-20,23H,5-13H2,1-4H3/t14-,15-,18?. The number of aliphatic hydroxyl groups is 1. The van der Waals surface area contributed by atoms with Gasteiger partial charge < -0.3 is 20.1 Å². The maximum atomic E-state index is 12.1. The zero-order valence-electron chi connectivity index (χ0n) is 17.0. The zero-order valence-corrected chi connectivity index (χ0v) is 17.8. The summed E-state index contributed by atoms with van der Waals surface area (Å²) in [6.07, 6.45) is 4.96. The van der Waals surface area contributed by atoms with Crippen LogP contribution in [0.2, 0.25) is 0 Å². The molecule has 0 aromatic rings. The second-order valence-electron chi connectivity index (χ2n) is 9.11. The number of likely N-dealkylation sites (tertiary alicyclic amines) is 1. The molecule has 0 aromatic carbocycles. The number of rotatable bonds is 6. The maximum absolute atomic E-state index is 12.1. The van der Waals surface area contributed by atoms with E-state index in [1.54, 1.807) is 4.90 Å². The van der Waals surface area contributed by atoms with Crippen molar-refractivity contribution in [2.45, 2.75) is 70.1 Å². The van der Waals surface area contributed by atoms with Crippen molar-refractivity contribution in [1.82, 2.24) is 14.9 Å². The van der Waals surface area contributed by atoms with E-state index in [0.29, 0.717) is 25.4 Å². The molecule has 0 radical (unpaired) electrons. The predicted molar refractivity (Wildman–Crippen MR) is 104 cm³/mol. The number of carbonyl (C=O) groups is 1. The third-order valence-electron chi connectivity index (χ3n) is 5.10. The van der Waals surface area contributed by atoms with Gasteiger partial charge in [-0.15, -0.1) is 0 Å². The molecule has 158 valence electrons. The lowest BCUT2D eigenvalue weighted by Gasteiger charge is -2.30. The van der Waals surface area contributed by atoms with Crippen LogP contribution in [0.4, 0.5) is 4.79 Å². The first-order chi connectivity index (χ1) is 12.4. The molecule has 1 heterocycles. The summed E-state index contributed by atoms with van der Waals surface area (Å²) in [7, 11) is -3.14. The molecule has 1 saturated heterocycles. The lowest BCUT2D eigenvalue weighted by molar-refractivity contribution is 0.0151. The molecule has 1 saturated carbocycles. The van der Waals surface area contributed by atoms with Crippen molar-refractivity contribution in [2.75, 3.05) is 32.4 Å². The van der Waals surface area contributed by atoms with Crippen LogP contribution in [0.15, 0.2) is 0 Å². The van der Waals surface area contributed by atoms with Gasteiger partial charge in [-0.3, -0.25) is 0 Å². The van der Waals surface area contributed by atoms with E-state index in [1.807, 2.05) is 20.8 Å². The van der Waals surface area contributed by atoms with Crippen molar-refractivity contribution < 1.29 is 23.1 Å². The Morgan fingerprint density at radius 3 is 2.44 bits per heavy atom. The van der Waals surface area contributed by atoms with Gasteiger partial charge in [0.1, 0.15) is 5.60 Å². The van der Waals surface area contributed by atoms with Gasteiger partial charge in [0.25, 0.3) is 0 Å². The van der Waals surface area contributed by atoms with Gasteiger partial charge in [-0.1, -0.05) is 0 Å². The quantitative estimate of drug-likeness (QED) is 0.610. The zero-order chi connectivity index (χ0) is 20.3. The first kappa shape index (κ1) is 22.4. The van der Waals surface area contributed by atoms with Crippen molar-refractivity contribution in [3.63, 3.8) is 0 Å². The summed E-state index contributed by atoms with van der Waals surface area (Å²) >= 11 is 0. The Bertz CT molecular complexity index is 611. The third-order valence-corrected chi connectivity index (χ3v) is 5.86. The van der Waals surface area contributed by atoms with Crippen molar-refractivity contribution in [2.24, 2.45) is 5.92 Å². The Hall–Kier alpha value is -0.900. The van der Waals surface area contributed by atoms with Crippen LogP contribution in [0, 0.1) is 5.92 Å². The summed E-state index contributed by atoms with van der Waals surface area (Å²) in [4.78, 5) is 13.7. The summed E-state index contributed by atoms with van der Waals surface area (Å²) < 4.78 is 30.6. The molecule has 1 unspecified atom stereocenters. The fraction of sp³-hybridized carbons (Fsp3) is 0.944. The minimum Gasteiger partial charge on any atom is -0.444 e. The molecule has 0 bridgehead atoms. The second-order valence-corrected chi connectivity index (χ2v) is 10.9. The van der Waals surface area contributed by atoms with Crippen molar-refractivity contribution in [3.05, 3.63) is 0 Å². The average Bonchev–Trinajstić information content (AvgIpc) is 2.89. The lowest BCUT2D eigenvalue weighted by Crippen LogP contribution is -2.46. The Labute approximate surface area is 163 Å². The molecule has 1 atom stereocenters. The minimum absolute atomic E-state index is 0.0395. The monoisotopic (exact) mass is 405 g/mol. The molecule has 2 rings (SSSR count). The fourth-order valence-electron chi connectivity index (χ4n) is 3.78. The van der Waals surface area contributed by atoms with Crippen molar-refractivity contribution in [3.8, 4) is 0 Å². The van der Waals surface area contributed by atoms with Gasteiger partial charge in [0.05, 0.1) is 18.4 Å². The first-order valence-corrected chi connectivity index (χ1v) is 11.6. The number of ether oxygens (including phenoxy) is 1. The number of nitrogens with zero attached hydrogens (tertiary/aromatic N) is 1. The van der Waals surface area contributed by atoms with Crippen LogP contribution in [0.1, 0.15) is 52.9 Å². The molecular formula is C18H35N3O5S. The van der Waals surface area contributed by atoms with Crippen molar-refractivity contribution in [1.29, 1.82) is 0 Å². The number of sulfonamides is 1. The van der Waals surface area contributed by atoms with E-state index in [0.717, 1.165) is 32.2 Å². The van der Waals surface area contributed by atoms with E-state index in [2.05, 4.69) is 10.0 Å². The van der Waals surface area contributed by atoms with E-state index >= 15 is 0 Å². The highest BCUT2D eigenvalue weighted by Gasteiger charge is 2.39. The summed E-state index contributed by atoms with van der Waals surface area (Å²) in [5.41, 5.74) is -1.47. The molecular weight excluding hydrogens is 370 g/mol. The number of hydrogen-bond acceptors (Lipinski definition) is 6. The Morgan fingerprint density at radius 1 is 1.26 bits per heavy atom. The normalized spacial score (nSPS) is 29.7. The molecule has 0 aromatic heterocycles. The number of hydrogen-bond donors (Lipinski definition) is 3. The van der Waals surface area contributed by atoms with Crippen LogP contribution in [0.25, 0.3) is 0 Å². The van der Waals surface area contributed by atoms with Crippen LogP contribution >= 0.6 is 0 Å². The van der Waals surface area contributed by atoms with Gasteiger partial charge in [-0.2, -0.15) is 0 Å². The summed E-state index contributed by atoms with van der Waals surface area (Å²) in [5, 5.41) is 14.1. The minimum atomic E-state index is -3.14. The lowest BCUT2D eigenvalue weighted by atomic mass is 9.86. The van der Waals surface area contributed by atoms with Gasteiger partial charge in [-0.25, -0.2) is 17.9 Å². The second kappa shape index (κ2) is 8.63. The predicted octanol–water partition coefficient (Wildman–Crippen LogP) is 1.06. The van der Waals surface area contributed by atoms with Crippen LogP contribution < -0.4 is 10.0 Å². The van der Waals surface area contributed by atoms with E-state index in [9.17, 15) is 18.3 Å². The Kier molecular flexibility index (Phi) is 7.16. The molecule has 9 heteroatoms. The average molecular weight is 406 g/mol. The number of nitrogens with one attached hydrogen (secondary N) is 2. The van der Waals surface area contributed by atoms with Crippen molar-refractivity contribution >= 4 is 16.1 Å². The molecule has 1 aliphatic carbocycles. The Morgan fingerprint density at radius 2 is 1.89 bits per heavy atom. The number of amides is 1. The highest BCUT2D eigenvalue weighted by Crippen LogP contribution is 2.25. The van der Waals surface area contributed by atoms with Gasteiger partial charge in [0.15, 0.2) is 0 Å². The number of β-amino-alcohol motifs (C(OH)–C–C–N with tert-alkyl or cyclic N) is 1. The summed E-state index contributed by atoms with van der Waals surface area (Å²) in [6.45, 7) is 7.49. The van der Waals surface area contributed by atoms with Gasteiger partial charge in [0.2, 0.25) is 10.0 Å². The smallest absolute Gasteiger partial charge is 0.410 e. The molecule has 8 nitrogen and oxygen atoms in total. The fourth-order valence-corrected chi connectivity index (χ4v) is 4.62. The van der Waals surface area contributed by atoms with E-state index in [-0.39, 0.29) is 18.7 Å². The van der Waals surface area contributed by atoms with E-state index in [1.165, 1.54) is 6.26 Å². The van der Waals surface area contributed by atoms with E-state index in [4.69, 9.17) is 4.74 Å². The largest absolute Gasteiger partial charge is 0.444 e. The van der Waals surface area contributed by atoms with Gasteiger partial charge >= 0.3 is 6.09 Å². The van der Waals surface area contributed by atoms with Crippen LogP contribution in [-0.2, 0) is 14.8 Å². The topological polar surface area (TPSA) is 108 Å². The van der Waals surface area contributed by atoms with Gasteiger partial charge in [-0.05, 0) is 65.3 Å². The number of carbonyl (C=O) groups excluding carboxylic acids is 1. The van der Waals surface area contributed by atoms with Gasteiger partial charge in [0, 0.05) is 19.1 Å². The summed E-state index contributed by atoms with van der Waals surface area (Å²) in [6, 6.07) is 0.0395. The molecule has 3 N–H and O–H groups in total. The molecule has 2 aliphatic rings. The molecule has 27 heavy (non-hydrogen) atoms. The highest BCUT2D eigenvalue weighted by atomic mass is 32.2. The van der Waals surface area contributed by atoms with Crippen LogP contribution in [-0.4, -0.2) is 74.2 Å². The van der Waals surface area contributed by atoms with Crippen LogP contribution in [0.3, 0.4) is 0 Å². The summed E-state index contributed by atoms with van der Waals surface area (Å²) in [5.74, 6) is 0.481. The first-order valence-electron chi connectivity index (χ1n) is 9.74. The molecule has 1 aliphatic heterocycles. The maximum Gasteiger partial charge on any atom is 0.410 e. The highest BCUT2D eigenvalue weighted by molar-refractivity contribution is 7.88. The SMILES string of the molecule is CC(C)(C)OC(=O)N1CCC(O)(CNC[C@H]2CC[C@H](NS(C)(=O)=O)CC2)C1.